The molecule has 0 aliphatic carbocycles. The zero-order valence-electron chi connectivity index (χ0n) is 8.66. The lowest BCUT2D eigenvalue weighted by atomic mass is 10.2. The van der Waals surface area contributed by atoms with Crippen LogP contribution in [0.2, 0.25) is 0 Å². The Kier molecular flexibility index (Phi) is 2.82. The van der Waals surface area contributed by atoms with E-state index < -0.39 is 5.97 Å². The van der Waals surface area contributed by atoms with E-state index in [0.29, 0.717) is 11.5 Å². The third-order valence-corrected chi connectivity index (χ3v) is 2.00. The molecule has 0 bridgehead atoms. The molecule has 0 saturated carbocycles. The van der Waals surface area contributed by atoms with Crippen LogP contribution >= 0.6 is 0 Å². The van der Waals surface area contributed by atoms with Gasteiger partial charge in [0.2, 0.25) is 0 Å². The molecule has 0 amide bonds. The maximum absolute atomic E-state index is 10.9. The van der Waals surface area contributed by atoms with Crippen LogP contribution in [-0.4, -0.2) is 26.0 Å². The molecule has 2 aromatic heterocycles. The Hall–Kier alpha value is -2.70. The van der Waals surface area contributed by atoms with Gasteiger partial charge in [-0.25, -0.2) is 19.7 Å². The molecule has 17 heavy (non-hydrogen) atoms. The fourth-order valence-electron chi connectivity index (χ4n) is 1.23. The van der Waals surface area contributed by atoms with E-state index in [-0.39, 0.29) is 11.3 Å². The van der Waals surface area contributed by atoms with Gasteiger partial charge in [0.05, 0.1) is 35.5 Å². The van der Waals surface area contributed by atoms with E-state index in [1.54, 1.807) is 12.4 Å². The van der Waals surface area contributed by atoms with Gasteiger partial charge in [0.1, 0.15) is 12.1 Å². The minimum absolute atomic E-state index is 0.000602. The standard InChI is InChI=1S/C10H9N5O2/c11-8-4-14-9(1-7(8)10(16)17)15-6-2-12-5-13-3-6/h1-5H,11H2,(H,14,15)(H,16,17). The summed E-state index contributed by atoms with van der Waals surface area (Å²) < 4.78 is 0. The highest BCUT2D eigenvalue weighted by Crippen LogP contribution is 2.17. The zero-order valence-corrected chi connectivity index (χ0v) is 8.66. The molecule has 2 aromatic rings. The lowest BCUT2D eigenvalue weighted by molar-refractivity contribution is 0.0698. The lowest BCUT2D eigenvalue weighted by Gasteiger charge is -2.06. The van der Waals surface area contributed by atoms with Gasteiger partial charge < -0.3 is 16.2 Å². The number of hydrogen-bond donors (Lipinski definition) is 3. The molecule has 86 valence electrons. The third-order valence-electron chi connectivity index (χ3n) is 2.00. The van der Waals surface area contributed by atoms with Gasteiger partial charge in [-0.1, -0.05) is 0 Å². The van der Waals surface area contributed by atoms with Crippen molar-refractivity contribution in [2.45, 2.75) is 0 Å². The van der Waals surface area contributed by atoms with E-state index in [1.165, 1.54) is 18.6 Å². The van der Waals surface area contributed by atoms with Crippen LogP contribution in [0.4, 0.5) is 17.2 Å². The van der Waals surface area contributed by atoms with Crippen molar-refractivity contribution in [1.82, 2.24) is 15.0 Å². The normalized spacial score (nSPS) is 9.88. The van der Waals surface area contributed by atoms with Crippen LogP contribution in [0.1, 0.15) is 10.4 Å². The van der Waals surface area contributed by atoms with Gasteiger partial charge in [-0.2, -0.15) is 0 Å². The quantitative estimate of drug-likeness (QED) is 0.718. The van der Waals surface area contributed by atoms with Crippen LogP contribution in [0.3, 0.4) is 0 Å². The number of pyridine rings is 1. The topological polar surface area (TPSA) is 114 Å². The maximum atomic E-state index is 10.9. The van der Waals surface area contributed by atoms with Crippen molar-refractivity contribution < 1.29 is 9.90 Å². The number of rotatable bonds is 3. The molecule has 2 rings (SSSR count). The molecule has 0 spiro atoms. The Bertz CT molecular complexity index is 544. The molecule has 0 aliphatic rings. The average Bonchev–Trinajstić information content (AvgIpc) is 2.32. The predicted octanol–water partition coefficient (Wildman–Crippen LogP) is 0.896. The fourth-order valence-corrected chi connectivity index (χ4v) is 1.23. The van der Waals surface area contributed by atoms with Gasteiger partial charge in [-0.3, -0.25) is 0 Å². The number of hydrogen-bond acceptors (Lipinski definition) is 6. The van der Waals surface area contributed by atoms with E-state index in [9.17, 15) is 4.79 Å². The van der Waals surface area contributed by atoms with Crippen LogP contribution in [-0.2, 0) is 0 Å². The molecule has 0 radical (unpaired) electrons. The Morgan fingerprint density at radius 1 is 1.29 bits per heavy atom. The second kappa shape index (κ2) is 4.44. The van der Waals surface area contributed by atoms with E-state index in [0.717, 1.165) is 0 Å². The summed E-state index contributed by atoms with van der Waals surface area (Å²) in [5.41, 5.74) is 6.22. The maximum Gasteiger partial charge on any atom is 0.337 e. The van der Waals surface area contributed by atoms with Gasteiger partial charge in [0, 0.05) is 0 Å². The molecule has 0 unspecified atom stereocenters. The van der Waals surface area contributed by atoms with Gasteiger partial charge in [-0.15, -0.1) is 0 Å². The monoisotopic (exact) mass is 231 g/mol. The van der Waals surface area contributed by atoms with E-state index in [4.69, 9.17) is 10.8 Å². The molecule has 0 atom stereocenters. The smallest absolute Gasteiger partial charge is 0.337 e. The molecule has 2 heterocycles. The Balaban J connectivity index is 2.29. The van der Waals surface area contributed by atoms with Crippen molar-refractivity contribution >= 4 is 23.2 Å². The average molecular weight is 231 g/mol. The molecule has 7 heteroatoms. The molecule has 0 aliphatic heterocycles. The zero-order chi connectivity index (χ0) is 12.3. The third kappa shape index (κ3) is 2.46. The van der Waals surface area contributed by atoms with E-state index >= 15 is 0 Å². The van der Waals surface area contributed by atoms with E-state index in [2.05, 4.69) is 20.3 Å². The number of carboxylic acid groups (broad SMARTS) is 1. The summed E-state index contributed by atoms with van der Waals surface area (Å²) in [4.78, 5) is 22.5. The first-order valence-electron chi connectivity index (χ1n) is 4.67. The van der Waals surface area contributed by atoms with Crippen molar-refractivity contribution in [3.63, 3.8) is 0 Å². The predicted molar refractivity (Wildman–Crippen MR) is 60.9 cm³/mol. The van der Waals surface area contributed by atoms with Crippen molar-refractivity contribution in [3.8, 4) is 0 Å². The highest BCUT2D eigenvalue weighted by molar-refractivity contribution is 5.94. The van der Waals surface area contributed by atoms with Crippen molar-refractivity contribution in [2.75, 3.05) is 11.1 Å². The van der Waals surface area contributed by atoms with Gasteiger partial charge in [0.15, 0.2) is 0 Å². The molecular formula is C10H9N5O2. The number of anilines is 3. The molecule has 0 aromatic carbocycles. The minimum Gasteiger partial charge on any atom is -0.478 e. The number of nitrogens with one attached hydrogen (secondary N) is 1. The lowest BCUT2D eigenvalue weighted by Crippen LogP contribution is -2.05. The number of carbonyl (C=O) groups is 1. The van der Waals surface area contributed by atoms with Crippen LogP contribution < -0.4 is 11.1 Å². The summed E-state index contributed by atoms with van der Waals surface area (Å²) in [6.45, 7) is 0. The summed E-state index contributed by atoms with van der Waals surface area (Å²) >= 11 is 0. The Morgan fingerprint density at radius 2 is 2.00 bits per heavy atom. The van der Waals surface area contributed by atoms with Gasteiger partial charge in [0.25, 0.3) is 0 Å². The number of nitrogens with zero attached hydrogens (tertiary/aromatic N) is 3. The highest BCUT2D eigenvalue weighted by atomic mass is 16.4. The second-order valence-electron chi connectivity index (χ2n) is 3.21. The second-order valence-corrected chi connectivity index (χ2v) is 3.21. The summed E-state index contributed by atoms with van der Waals surface area (Å²) in [6.07, 6.45) is 5.77. The molecule has 0 fully saturated rings. The SMILES string of the molecule is Nc1cnc(Nc2cncnc2)cc1C(=O)O. The number of carboxylic acids is 1. The number of nitrogen functional groups attached to an aromatic ring is 1. The molecule has 7 nitrogen and oxygen atoms in total. The summed E-state index contributed by atoms with van der Waals surface area (Å²) in [7, 11) is 0. The first-order chi connectivity index (χ1) is 8.16. The molecule has 4 N–H and O–H groups in total. The van der Waals surface area contributed by atoms with Crippen LogP contribution in [0.5, 0.6) is 0 Å². The van der Waals surface area contributed by atoms with Crippen molar-refractivity contribution in [2.24, 2.45) is 0 Å². The van der Waals surface area contributed by atoms with Crippen LogP contribution in [0.15, 0.2) is 31.0 Å². The van der Waals surface area contributed by atoms with Crippen LogP contribution in [0.25, 0.3) is 0 Å². The first kappa shape index (κ1) is 10.8. The van der Waals surface area contributed by atoms with Crippen molar-refractivity contribution in [1.29, 1.82) is 0 Å². The van der Waals surface area contributed by atoms with Gasteiger partial charge >= 0.3 is 5.97 Å². The summed E-state index contributed by atoms with van der Waals surface area (Å²) in [5, 5.41) is 11.8. The van der Waals surface area contributed by atoms with Crippen LogP contribution in [0, 0.1) is 0 Å². The molecule has 0 saturated heterocycles. The fraction of sp³-hybridized carbons (Fsp3) is 0. The van der Waals surface area contributed by atoms with Gasteiger partial charge in [-0.05, 0) is 6.07 Å². The van der Waals surface area contributed by atoms with E-state index in [1.807, 2.05) is 0 Å². The Morgan fingerprint density at radius 3 is 2.65 bits per heavy atom. The largest absolute Gasteiger partial charge is 0.478 e. The Labute approximate surface area is 96.4 Å². The number of aromatic carboxylic acids is 1. The highest BCUT2D eigenvalue weighted by Gasteiger charge is 2.09. The number of aromatic nitrogens is 3. The number of nitrogens with two attached hydrogens (primary N) is 1. The summed E-state index contributed by atoms with van der Waals surface area (Å²) in [5.74, 6) is -0.733. The van der Waals surface area contributed by atoms with Crippen molar-refractivity contribution in [3.05, 3.63) is 36.5 Å². The summed E-state index contributed by atoms with van der Waals surface area (Å²) in [6, 6.07) is 1.35. The molecular weight excluding hydrogens is 222 g/mol. The first-order valence-corrected chi connectivity index (χ1v) is 4.67. The minimum atomic E-state index is -1.10.